The van der Waals surface area contributed by atoms with Crippen LogP contribution in [0.15, 0.2) is 0 Å². The fourth-order valence-electron chi connectivity index (χ4n) is 0. The van der Waals surface area contributed by atoms with E-state index in [0.29, 0.717) is 0 Å². The summed E-state index contributed by atoms with van der Waals surface area (Å²) in [5, 5.41) is 0. The van der Waals surface area contributed by atoms with Crippen LogP contribution in [0, 0.1) is 0 Å². The molecule has 2 unspecified atom stereocenters. The van der Waals surface area contributed by atoms with Gasteiger partial charge in [-0.3, -0.25) is 9.11 Å². The summed E-state index contributed by atoms with van der Waals surface area (Å²) in [4.78, 5) is 0. The summed E-state index contributed by atoms with van der Waals surface area (Å²) in [6.45, 7) is 0. The number of rotatable bonds is 0. The van der Waals surface area contributed by atoms with Crippen molar-refractivity contribution in [3.05, 3.63) is 0 Å². The maximum absolute atomic E-state index is 8.67. The molecule has 0 aromatic carbocycles. The van der Waals surface area contributed by atoms with Crippen LogP contribution in [0.4, 0.5) is 0 Å². The van der Waals surface area contributed by atoms with E-state index < -0.39 is 34.1 Å². The molecule has 13 heteroatoms. The smallest absolute Gasteiger partial charge is 0.750 e. The largest absolute Gasteiger partial charge is 2.00 e. The Morgan fingerprint density at radius 1 is 0.769 bits per heavy atom. The molecule has 0 saturated heterocycles. The summed E-state index contributed by atoms with van der Waals surface area (Å²) in [5.74, 6) is 0. The molecule has 4 N–H and O–H groups in total. The summed E-state index contributed by atoms with van der Waals surface area (Å²) in [5.41, 5.74) is 0. The Hall–Kier alpha value is 1.47. The van der Waals surface area contributed by atoms with E-state index >= 15 is 0 Å². The van der Waals surface area contributed by atoms with Gasteiger partial charge in [-0.05, 0) is 0 Å². The van der Waals surface area contributed by atoms with Crippen molar-refractivity contribution >= 4 is 71.8 Å². The summed E-state index contributed by atoms with van der Waals surface area (Å²) in [7, 11) is 0. The molecule has 0 aliphatic heterocycles. The van der Waals surface area contributed by atoms with Crippen LogP contribution in [-0.4, -0.2) is 77.7 Å². The van der Waals surface area contributed by atoms with Gasteiger partial charge in [-0.1, -0.05) is 0 Å². The summed E-state index contributed by atoms with van der Waals surface area (Å²) in [6, 6.07) is 0. The molecule has 0 bridgehead atoms. The predicted octanol–water partition coefficient (Wildman–Crippen LogP) is -2.02. The van der Waals surface area contributed by atoms with E-state index in [0.717, 1.165) is 0 Å². The van der Waals surface area contributed by atoms with E-state index in [1.165, 1.54) is 0 Å². The molecule has 0 heterocycles. The molecular weight excluding hydrogens is 280 g/mol. The number of hydrogen-bond donors (Lipinski definition) is 4. The average molecular weight is 284 g/mol. The van der Waals surface area contributed by atoms with Gasteiger partial charge in [-0.25, -0.2) is 8.42 Å². The molecule has 0 spiro atoms. The van der Waals surface area contributed by atoms with Gasteiger partial charge in [-0.15, -0.1) is 0 Å². The van der Waals surface area contributed by atoms with Crippen molar-refractivity contribution in [3.63, 3.8) is 0 Å². The van der Waals surface area contributed by atoms with Gasteiger partial charge in [0, 0.05) is 0 Å². The third kappa shape index (κ3) is 820. The van der Waals surface area contributed by atoms with Crippen molar-refractivity contribution in [2.75, 3.05) is 0 Å². The first-order valence-electron chi connectivity index (χ1n) is 1.56. The topological polar surface area (TPSA) is 178 Å². The maximum atomic E-state index is 8.67. The van der Waals surface area contributed by atoms with Crippen molar-refractivity contribution in [2.45, 2.75) is 0 Å². The summed E-state index contributed by atoms with van der Waals surface area (Å²) >= 11 is -8.33. The molecule has 0 aliphatic rings. The molecule has 2 atom stereocenters. The second-order valence-corrected chi connectivity index (χ2v) is 1.99. The standard InChI is InChI=1S/Ca.3H2O3S/c;3*1-4(2)3/h;3*(H2,1,2,3)/q+2;;;/p-2. The van der Waals surface area contributed by atoms with E-state index in [1.807, 2.05) is 0 Å². The molecule has 0 fully saturated rings. The van der Waals surface area contributed by atoms with E-state index in [1.54, 1.807) is 0 Å². The van der Waals surface area contributed by atoms with E-state index in [-0.39, 0.29) is 37.7 Å². The fraction of sp³-hybridized carbons (Fsp3) is 0. The predicted molar refractivity (Wildman–Crippen MR) is 42.3 cm³/mol. The molecule has 0 aliphatic carbocycles. The van der Waals surface area contributed by atoms with Crippen LogP contribution >= 0.6 is 0 Å². The van der Waals surface area contributed by atoms with Gasteiger partial charge in [0.2, 0.25) is 0 Å². The van der Waals surface area contributed by atoms with Crippen LogP contribution in [0.5, 0.6) is 0 Å². The van der Waals surface area contributed by atoms with Gasteiger partial charge in [0.25, 0.3) is 11.4 Å². The summed E-state index contributed by atoms with van der Waals surface area (Å²) in [6.07, 6.45) is 0. The molecule has 0 aromatic rings. The Morgan fingerprint density at radius 2 is 0.769 bits per heavy atom. The molecule has 0 rings (SSSR count). The molecular formula is H4CaO9S3. The number of hydrogen-bond acceptors (Lipinski definition) is 5. The van der Waals surface area contributed by atoms with Crippen molar-refractivity contribution in [1.82, 2.24) is 0 Å². The SMILES string of the molecule is O=S(O)O.O=S([O-])O.O=S([O-])O.[Ca+2]. The average Bonchev–Trinajstić information content (AvgIpc) is 1.54. The Bertz CT molecular complexity index is 112. The molecule has 0 saturated carbocycles. The minimum Gasteiger partial charge on any atom is -0.750 e. The van der Waals surface area contributed by atoms with Crippen molar-refractivity contribution in [3.8, 4) is 0 Å². The second-order valence-electron chi connectivity index (χ2n) is 0.665. The van der Waals surface area contributed by atoms with Gasteiger partial charge < -0.3 is 18.2 Å². The molecule has 13 heavy (non-hydrogen) atoms. The van der Waals surface area contributed by atoms with Crippen molar-refractivity contribution < 1.29 is 39.9 Å². The Labute approximate surface area is 111 Å². The van der Waals surface area contributed by atoms with Gasteiger partial charge in [0.05, 0.1) is 22.7 Å². The molecule has 0 radical (unpaired) electrons. The molecule has 0 aromatic heterocycles. The van der Waals surface area contributed by atoms with Gasteiger partial charge in [-0.2, -0.15) is 4.21 Å². The Balaban J connectivity index is -0.0000000450. The van der Waals surface area contributed by atoms with Crippen molar-refractivity contribution in [1.29, 1.82) is 0 Å². The van der Waals surface area contributed by atoms with E-state index in [9.17, 15) is 0 Å². The fourth-order valence-corrected chi connectivity index (χ4v) is 0. The van der Waals surface area contributed by atoms with Crippen LogP contribution in [-0.2, 0) is 34.1 Å². The minimum atomic E-state index is -2.86. The first-order valence-corrected chi connectivity index (χ1v) is 4.69. The normalized spacial score (nSPS) is 12.2. The minimum absolute atomic E-state index is 0. The van der Waals surface area contributed by atoms with Gasteiger partial charge >= 0.3 is 37.7 Å². The first kappa shape index (κ1) is 24.0. The first-order chi connectivity index (χ1) is 5.20. The van der Waals surface area contributed by atoms with Gasteiger partial charge in [0.15, 0.2) is 0 Å². The third-order valence-corrected chi connectivity index (χ3v) is 0. The molecule has 78 valence electrons. The van der Waals surface area contributed by atoms with Crippen LogP contribution in [0.25, 0.3) is 0 Å². The van der Waals surface area contributed by atoms with Crippen LogP contribution in [0.2, 0.25) is 0 Å². The zero-order valence-electron chi connectivity index (χ0n) is 5.76. The monoisotopic (exact) mass is 284 g/mol. The van der Waals surface area contributed by atoms with Crippen LogP contribution in [0.3, 0.4) is 0 Å². The van der Waals surface area contributed by atoms with Crippen LogP contribution in [0.1, 0.15) is 0 Å². The van der Waals surface area contributed by atoms with Gasteiger partial charge in [0.1, 0.15) is 0 Å². The quantitative estimate of drug-likeness (QED) is 0.288. The second kappa shape index (κ2) is 19.1. The Morgan fingerprint density at radius 3 is 0.769 bits per heavy atom. The molecule has 9 nitrogen and oxygen atoms in total. The zero-order valence-corrected chi connectivity index (χ0v) is 10.4. The van der Waals surface area contributed by atoms with Crippen molar-refractivity contribution in [2.24, 2.45) is 0 Å². The summed E-state index contributed by atoms with van der Waals surface area (Å²) < 4.78 is 71.0. The molecule has 0 amide bonds. The zero-order chi connectivity index (χ0) is 10.7. The Kier molecular flexibility index (Phi) is 35.2. The maximum Gasteiger partial charge on any atom is 2.00 e. The third-order valence-electron chi connectivity index (χ3n) is 0. The van der Waals surface area contributed by atoms with E-state index in [4.69, 9.17) is 39.9 Å². The van der Waals surface area contributed by atoms with E-state index in [2.05, 4.69) is 0 Å². The van der Waals surface area contributed by atoms with Crippen LogP contribution < -0.4 is 0 Å².